The molecular weight excluding hydrogens is 418 g/mol. The van der Waals surface area contributed by atoms with Crippen molar-refractivity contribution in [3.8, 4) is 0 Å². The molecule has 0 unspecified atom stereocenters. The Bertz CT molecular complexity index is 1260. The number of fused-ring (bicyclic) bond motifs is 1. The van der Waals surface area contributed by atoms with E-state index < -0.39 is 9.84 Å². The molecule has 0 amide bonds. The summed E-state index contributed by atoms with van der Waals surface area (Å²) in [7, 11) is -3.72. The van der Waals surface area contributed by atoms with E-state index in [-0.39, 0.29) is 16.6 Å². The molecule has 0 aliphatic carbocycles. The molecule has 0 aliphatic rings. The van der Waals surface area contributed by atoms with Crippen molar-refractivity contribution in [2.75, 3.05) is 11.9 Å². The summed E-state index contributed by atoms with van der Waals surface area (Å²) in [5.74, 6) is 0.100. The molecular formula is C23H20ClN3O2S. The molecule has 5 nitrogen and oxygen atoms in total. The minimum atomic E-state index is -3.72. The van der Waals surface area contributed by atoms with Gasteiger partial charge in [-0.1, -0.05) is 66.2 Å². The number of hydrogen-bond acceptors (Lipinski definition) is 5. The highest BCUT2D eigenvalue weighted by Gasteiger charge is 2.23. The van der Waals surface area contributed by atoms with Gasteiger partial charge in [-0.25, -0.2) is 18.4 Å². The molecule has 152 valence electrons. The van der Waals surface area contributed by atoms with Gasteiger partial charge in [0.25, 0.3) is 0 Å². The third-order valence-electron chi connectivity index (χ3n) is 4.65. The van der Waals surface area contributed by atoms with Crippen LogP contribution in [0.1, 0.15) is 11.1 Å². The smallest absolute Gasteiger partial charge is 0.203 e. The van der Waals surface area contributed by atoms with E-state index >= 15 is 0 Å². The Hall–Kier alpha value is -2.96. The number of rotatable bonds is 7. The van der Waals surface area contributed by atoms with Crippen LogP contribution in [0.5, 0.6) is 0 Å². The Balaban J connectivity index is 1.65. The van der Waals surface area contributed by atoms with Crippen LogP contribution in [-0.4, -0.2) is 24.9 Å². The molecule has 1 heterocycles. The molecule has 4 rings (SSSR count). The van der Waals surface area contributed by atoms with Crippen LogP contribution < -0.4 is 5.32 Å². The Morgan fingerprint density at radius 2 is 1.40 bits per heavy atom. The molecule has 30 heavy (non-hydrogen) atoms. The Morgan fingerprint density at radius 1 is 0.767 bits per heavy atom. The maximum atomic E-state index is 13.2. The second-order valence-electron chi connectivity index (χ2n) is 6.91. The zero-order valence-corrected chi connectivity index (χ0v) is 17.7. The fraction of sp³-hybridized carbons (Fsp3) is 0.130. The number of nitrogens with one attached hydrogen (secondary N) is 1. The zero-order valence-electron chi connectivity index (χ0n) is 16.1. The lowest BCUT2D eigenvalue weighted by molar-refractivity contribution is 0.592. The van der Waals surface area contributed by atoms with E-state index in [1.165, 1.54) is 0 Å². The van der Waals surface area contributed by atoms with E-state index in [2.05, 4.69) is 15.3 Å². The number of sulfone groups is 1. The maximum absolute atomic E-state index is 13.2. The van der Waals surface area contributed by atoms with Gasteiger partial charge in [0, 0.05) is 11.6 Å². The molecule has 1 aromatic heterocycles. The first-order valence-corrected chi connectivity index (χ1v) is 11.6. The standard InChI is InChI=1S/C23H20ClN3O2S/c24-19-12-10-18(11-13-19)16-30(28,29)23-22(25-15-14-17-6-2-1-3-7-17)26-20-8-4-5-9-21(20)27-23/h1-13H,14-16H2,(H,25,26). The van der Waals surface area contributed by atoms with Gasteiger partial charge in [-0.05, 0) is 41.8 Å². The highest BCUT2D eigenvalue weighted by molar-refractivity contribution is 7.90. The zero-order chi connectivity index (χ0) is 21.0. The average Bonchev–Trinajstić information content (AvgIpc) is 2.75. The Kier molecular flexibility index (Phi) is 5.97. The van der Waals surface area contributed by atoms with E-state index in [1.54, 1.807) is 30.3 Å². The molecule has 1 N–H and O–H groups in total. The summed E-state index contributed by atoms with van der Waals surface area (Å²) in [6, 6.07) is 24.0. The van der Waals surface area contributed by atoms with Crippen molar-refractivity contribution in [2.24, 2.45) is 0 Å². The fourth-order valence-electron chi connectivity index (χ4n) is 3.15. The highest BCUT2D eigenvalue weighted by Crippen LogP contribution is 2.25. The van der Waals surface area contributed by atoms with Crippen molar-refractivity contribution < 1.29 is 8.42 Å². The predicted molar refractivity (Wildman–Crippen MR) is 121 cm³/mol. The average molecular weight is 438 g/mol. The topological polar surface area (TPSA) is 72.0 Å². The lowest BCUT2D eigenvalue weighted by Crippen LogP contribution is -2.15. The van der Waals surface area contributed by atoms with E-state index in [0.717, 1.165) is 12.0 Å². The van der Waals surface area contributed by atoms with Gasteiger partial charge in [-0.15, -0.1) is 0 Å². The number of para-hydroxylation sites is 2. The molecule has 0 radical (unpaired) electrons. The minimum Gasteiger partial charge on any atom is -0.367 e. The molecule has 3 aromatic carbocycles. The second-order valence-corrected chi connectivity index (χ2v) is 9.26. The van der Waals surface area contributed by atoms with Crippen LogP contribution in [0.2, 0.25) is 5.02 Å². The first-order valence-electron chi connectivity index (χ1n) is 9.53. The molecule has 0 spiro atoms. The van der Waals surface area contributed by atoms with Crippen LogP contribution in [0.15, 0.2) is 83.9 Å². The third-order valence-corrected chi connectivity index (χ3v) is 6.49. The summed E-state index contributed by atoms with van der Waals surface area (Å²) in [6.45, 7) is 0.542. The summed E-state index contributed by atoms with van der Waals surface area (Å²) in [6.07, 6.45) is 0.742. The lowest BCUT2D eigenvalue weighted by atomic mass is 10.1. The van der Waals surface area contributed by atoms with Gasteiger partial charge in [0.05, 0.1) is 16.8 Å². The molecule has 0 saturated heterocycles. The summed E-state index contributed by atoms with van der Waals surface area (Å²) in [4.78, 5) is 9.00. The first kappa shape index (κ1) is 20.3. The molecule has 0 saturated carbocycles. The van der Waals surface area contributed by atoms with Crippen LogP contribution in [-0.2, 0) is 22.0 Å². The number of benzene rings is 3. The van der Waals surface area contributed by atoms with Gasteiger partial charge in [0.1, 0.15) is 0 Å². The lowest BCUT2D eigenvalue weighted by Gasteiger charge is -2.13. The highest BCUT2D eigenvalue weighted by atomic mass is 35.5. The number of hydrogen-bond donors (Lipinski definition) is 1. The Labute approximate surface area is 180 Å². The van der Waals surface area contributed by atoms with Gasteiger partial charge in [-0.3, -0.25) is 0 Å². The van der Waals surface area contributed by atoms with Gasteiger partial charge >= 0.3 is 0 Å². The molecule has 4 aromatic rings. The number of nitrogens with zero attached hydrogens (tertiary/aromatic N) is 2. The number of aromatic nitrogens is 2. The van der Waals surface area contributed by atoms with Crippen molar-refractivity contribution in [1.82, 2.24) is 9.97 Å². The summed E-state index contributed by atoms with van der Waals surface area (Å²) < 4.78 is 26.4. The number of anilines is 1. The number of halogens is 1. The minimum absolute atomic E-state index is 0.0378. The SMILES string of the molecule is O=S(=O)(Cc1ccc(Cl)cc1)c1nc2ccccc2nc1NCCc1ccccc1. The molecule has 0 bridgehead atoms. The van der Waals surface area contributed by atoms with Crippen LogP contribution >= 0.6 is 11.6 Å². The largest absolute Gasteiger partial charge is 0.367 e. The van der Waals surface area contributed by atoms with E-state index in [0.29, 0.717) is 28.2 Å². The predicted octanol–water partition coefficient (Wildman–Crippen LogP) is 4.91. The molecule has 0 aliphatic heterocycles. The summed E-state index contributed by atoms with van der Waals surface area (Å²) in [5.41, 5.74) is 2.99. The van der Waals surface area contributed by atoms with Crippen molar-refractivity contribution in [3.63, 3.8) is 0 Å². The van der Waals surface area contributed by atoms with Crippen LogP contribution in [0.3, 0.4) is 0 Å². The third kappa shape index (κ3) is 4.78. The second kappa shape index (κ2) is 8.81. The molecule has 0 atom stereocenters. The van der Waals surface area contributed by atoms with E-state index in [4.69, 9.17) is 11.6 Å². The van der Waals surface area contributed by atoms with Crippen LogP contribution in [0.4, 0.5) is 5.82 Å². The van der Waals surface area contributed by atoms with Gasteiger partial charge in [0.2, 0.25) is 9.84 Å². The Morgan fingerprint density at radius 3 is 2.10 bits per heavy atom. The van der Waals surface area contributed by atoms with Crippen molar-refractivity contribution >= 4 is 38.3 Å². The first-order chi connectivity index (χ1) is 14.5. The van der Waals surface area contributed by atoms with Crippen molar-refractivity contribution in [2.45, 2.75) is 17.2 Å². The molecule has 0 fully saturated rings. The van der Waals surface area contributed by atoms with Crippen LogP contribution in [0.25, 0.3) is 11.0 Å². The normalized spacial score (nSPS) is 11.5. The monoisotopic (exact) mass is 437 g/mol. The van der Waals surface area contributed by atoms with Crippen LogP contribution in [0, 0.1) is 0 Å². The van der Waals surface area contributed by atoms with Gasteiger partial charge in [-0.2, -0.15) is 0 Å². The van der Waals surface area contributed by atoms with Crippen molar-refractivity contribution in [3.05, 3.63) is 95.0 Å². The van der Waals surface area contributed by atoms with E-state index in [9.17, 15) is 8.42 Å². The quantitative estimate of drug-likeness (QED) is 0.444. The van der Waals surface area contributed by atoms with E-state index in [1.807, 2.05) is 48.5 Å². The maximum Gasteiger partial charge on any atom is 0.203 e. The summed E-state index contributed by atoms with van der Waals surface area (Å²) in [5, 5.41) is 3.70. The van der Waals surface area contributed by atoms with Gasteiger partial charge < -0.3 is 5.32 Å². The van der Waals surface area contributed by atoms with Gasteiger partial charge in [0.15, 0.2) is 10.8 Å². The van der Waals surface area contributed by atoms with Crippen molar-refractivity contribution in [1.29, 1.82) is 0 Å². The fourth-order valence-corrected chi connectivity index (χ4v) is 4.70. The summed E-state index contributed by atoms with van der Waals surface area (Å²) >= 11 is 5.92. The molecule has 7 heteroatoms.